The summed E-state index contributed by atoms with van der Waals surface area (Å²) in [6.07, 6.45) is 1.72. The molecule has 1 aromatic heterocycles. The normalized spacial score (nSPS) is 14.1. The highest BCUT2D eigenvalue weighted by atomic mass is 32.2. The zero-order valence-electron chi connectivity index (χ0n) is 14.0. The lowest BCUT2D eigenvalue weighted by molar-refractivity contribution is 0.476. The molecule has 0 aliphatic carbocycles. The van der Waals surface area contributed by atoms with Gasteiger partial charge in [-0.25, -0.2) is 13.1 Å². The van der Waals surface area contributed by atoms with Crippen LogP contribution in [0.3, 0.4) is 0 Å². The molecule has 0 aromatic carbocycles. The smallest absolute Gasteiger partial charge is 0.242 e. The molecule has 21 heavy (non-hydrogen) atoms. The van der Waals surface area contributed by atoms with E-state index in [2.05, 4.69) is 23.9 Å². The molecule has 0 bridgehead atoms. The van der Waals surface area contributed by atoms with Crippen molar-refractivity contribution in [3.05, 3.63) is 18.0 Å². The maximum absolute atomic E-state index is 12.4. The van der Waals surface area contributed by atoms with Crippen LogP contribution in [0.5, 0.6) is 0 Å². The maximum atomic E-state index is 12.4. The van der Waals surface area contributed by atoms with Gasteiger partial charge in [-0.05, 0) is 25.8 Å². The molecular formula is C15H29N3O2S. The fourth-order valence-corrected chi connectivity index (χ4v) is 3.33. The van der Waals surface area contributed by atoms with Gasteiger partial charge in [0.15, 0.2) is 0 Å². The van der Waals surface area contributed by atoms with Crippen LogP contribution in [0.1, 0.15) is 47.2 Å². The Kier molecular flexibility index (Phi) is 6.43. The van der Waals surface area contributed by atoms with Crippen molar-refractivity contribution in [2.24, 2.45) is 5.92 Å². The van der Waals surface area contributed by atoms with E-state index in [0.717, 1.165) is 12.2 Å². The second kappa shape index (κ2) is 7.42. The molecule has 0 aliphatic heterocycles. The van der Waals surface area contributed by atoms with Gasteiger partial charge >= 0.3 is 0 Å². The van der Waals surface area contributed by atoms with Crippen molar-refractivity contribution in [1.29, 1.82) is 0 Å². The van der Waals surface area contributed by atoms with E-state index in [1.54, 1.807) is 12.3 Å². The summed E-state index contributed by atoms with van der Waals surface area (Å²) in [6, 6.07) is 2.04. The number of nitrogens with one attached hydrogen (secondary N) is 2. The Bertz CT molecular complexity index is 547. The number of hydrogen-bond donors (Lipinski definition) is 2. The maximum Gasteiger partial charge on any atom is 0.242 e. The van der Waals surface area contributed by atoms with Crippen molar-refractivity contribution in [1.82, 2.24) is 14.6 Å². The first-order valence-electron chi connectivity index (χ1n) is 7.62. The Morgan fingerprint density at radius 1 is 1.19 bits per heavy atom. The van der Waals surface area contributed by atoms with E-state index in [1.807, 2.05) is 32.3 Å². The SMILES string of the molecule is CCn1cc(S(=O)(=O)NC(C)C(C)C)cc1CNC(C)C. The van der Waals surface area contributed by atoms with Gasteiger partial charge in [0, 0.05) is 37.1 Å². The monoisotopic (exact) mass is 315 g/mol. The fourth-order valence-electron chi connectivity index (χ4n) is 1.87. The third kappa shape index (κ3) is 5.13. The van der Waals surface area contributed by atoms with Crippen LogP contribution in [0.4, 0.5) is 0 Å². The zero-order valence-corrected chi connectivity index (χ0v) is 14.8. The highest BCUT2D eigenvalue weighted by Gasteiger charge is 2.21. The first kappa shape index (κ1) is 18.2. The average Bonchev–Trinajstić information content (AvgIpc) is 2.79. The summed E-state index contributed by atoms with van der Waals surface area (Å²) in [6.45, 7) is 13.5. The first-order chi connectivity index (χ1) is 9.67. The topological polar surface area (TPSA) is 63.1 Å². The third-order valence-corrected chi connectivity index (χ3v) is 5.17. The van der Waals surface area contributed by atoms with E-state index >= 15 is 0 Å². The Morgan fingerprint density at radius 3 is 2.29 bits per heavy atom. The second-order valence-electron chi connectivity index (χ2n) is 6.14. The van der Waals surface area contributed by atoms with Crippen LogP contribution < -0.4 is 10.0 Å². The van der Waals surface area contributed by atoms with Gasteiger partial charge in [-0.15, -0.1) is 0 Å². The molecular weight excluding hydrogens is 286 g/mol. The molecule has 1 aromatic rings. The molecule has 0 spiro atoms. The van der Waals surface area contributed by atoms with Gasteiger partial charge in [0.2, 0.25) is 10.0 Å². The lowest BCUT2D eigenvalue weighted by atomic mass is 10.1. The second-order valence-corrected chi connectivity index (χ2v) is 7.86. The van der Waals surface area contributed by atoms with E-state index in [9.17, 15) is 8.42 Å². The minimum absolute atomic E-state index is 0.0859. The van der Waals surface area contributed by atoms with E-state index in [-0.39, 0.29) is 12.0 Å². The third-order valence-electron chi connectivity index (χ3n) is 3.64. The number of hydrogen-bond acceptors (Lipinski definition) is 3. The molecule has 1 atom stereocenters. The molecule has 6 heteroatoms. The van der Waals surface area contributed by atoms with Crippen LogP contribution in [-0.4, -0.2) is 25.1 Å². The quantitative estimate of drug-likeness (QED) is 0.774. The Balaban J connectivity index is 2.97. The van der Waals surface area contributed by atoms with Gasteiger partial charge in [0.25, 0.3) is 0 Å². The summed E-state index contributed by atoms with van der Waals surface area (Å²) in [5, 5.41) is 3.32. The number of rotatable bonds is 8. The molecule has 1 heterocycles. The zero-order chi connectivity index (χ0) is 16.2. The number of aryl methyl sites for hydroxylation is 1. The van der Waals surface area contributed by atoms with Gasteiger partial charge in [-0.3, -0.25) is 0 Å². The van der Waals surface area contributed by atoms with Crippen LogP contribution in [0.15, 0.2) is 17.2 Å². The molecule has 0 aliphatic rings. The van der Waals surface area contributed by atoms with Crippen molar-refractivity contribution < 1.29 is 8.42 Å². The summed E-state index contributed by atoms with van der Waals surface area (Å²) in [7, 11) is -3.45. The van der Waals surface area contributed by atoms with E-state index < -0.39 is 10.0 Å². The summed E-state index contributed by atoms with van der Waals surface area (Å²) in [4.78, 5) is 0.345. The molecule has 0 fully saturated rings. The number of sulfonamides is 1. The molecule has 0 saturated heterocycles. The molecule has 0 radical (unpaired) electrons. The van der Waals surface area contributed by atoms with Gasteiger partial charge < -0.3 is 9.88 Å². The Labute approximate surface area is 129 Å². The van der Waals surface area contributed by atoms with Gasteiger partial charge in [0.1, 0.15) is 0 Å². The molecule has 2 N–H and O–H groups in total. The van der Waals surface area contributed by atoms with Gasteiger partial charge in [-0.1, -0.05) is 27.7 Å². The Morgan fingerprint density at radius 2 is 1.81 bits per heavy atom. The van der Waals surface area contributed by atoms with E-state index in [1.165, 1.54) is 0 Å². The number of nitrogens with zero attached hydrogens (tertiary/aromatic N) is 1. The van der Waals surface area contributed by atoms with Crippen LogP contribution in [0, 0.1) is 5.92 Å². The van der Waals surface area contributed by atoms with E-state index in [4.69, 9.17) is 0 Å². The summed E-state index contributed by atoms with van der Waals surface area (Å²) in [5.74, 6) is 0.259. The predicted molar refractivity (Wildman–Crippen MR) is 86.7 cm³/mol. The standard InChI is InChI=1S/C15H29N3O2S/c1-7-18-10-15(8-14(18)9-16-12(4)5)21(19,20)17-13(6)11(2)3/h8,10-13,16-17H,7,9H2,1-6H3. The summed E-state index contributed by atoms with van der Waals surface area (Å²) in [5.41, 5.74) is 0.990. The van der Waals surface area contributed by atoms with Gasteiger partial charge in [0.05, 0.1) is 4.90 Å². The van der Waals surface area contributed by atoms with E-state index in [0.29, 0.717) is 17.5 Å². The number of aromatic nitrogens is 1. The first-order valence-corrected chi connectivity index (χ1v) is 9.10. The van der Waals surface area contributed by atoms with Crippen molar-refractivity contribution in [3.8, 4) is 0 Å². The molecule has 122 valence electrons. The minimum Gasteiger partial charge on any atom is -0.349 e. The van der Waals surface area contributed by atoms with Crippen molar-refractivity contribution in [3.63, 3.8) is 0 Å². The molecule has 1 rings (SSSR count). The molecule has 1 unspecified atom stereocenters. The summed E-state index contributed by atoms with van der Waals surface area (Å²) >= 11 is 0. The average molecular weight is 315 g/mol. The largest absolute Gasteiger partial charge is 0.349 e. The molecule has 5 nitrogen and oxygen atoms in total. The highest BCUT2D eigenvalue weighted by molar-refractivity contribution is 7.89. The highest BCUT2D eigenvalue weighted by Crippen LogP contribution is 2.16. The Hall–Kier alpha value is -0.850. The fraction of sp³-hybridized carbons (Fsp3) is 0.733. The van der Waals surface area contributed by atoms with Crippen molar-refractivity contribution in [2.45, 2.75) is 71.6 Å². The minimum atomic E-state index is -3.45. The predicted octanol–water partition coefficient (Wildman–Crippen LogP) is 2.33. The lowest BCUT2D eigenvalue weighted by Gasteiger charge is -2.16. The van der Waals surface area contributed by atoms with Crippen LogP contribution >= 0.6 is 0 Å². The lowest BCUT2D eigenvalue weighted by Crippen LogP contribution is -2.35. The van der Waals surface area contributed by atoms with Crippen molar-refractivity contribution in [2.75, 3.05) is 0 Å². The molecule has 0 amide bonds. The molecule has 0 saturated carbocycles. The van der Waals surface area contributed by atoms with Gasteiger partial charge in [-0.2, -0.15) is 0 Å². The van der Waals surface area contributed by atoms with Crippen LogP contribution in [-0.2, 0) is 23.1 Å². The van der Waals surface area contributed by atoms with Crippen molar-refractivity contribution >= 4 is 10.0 Å². The van der Waals surface area contributed by atoms with Crippen LogP contribution in [0.2, 0.25) is 0 Å². The summed E-state index contributed by atoms with van der Waals surface area (Å²) < 4.78 is 29.6. The van der Waals surface area contributed by atoms with Crippen LogP contribution in [0.25, 0.3) is 0 Å².